The lowest BCUT2D eigenvalue weighted by atomic mass is 9.96. The molecule has 2 rings (SSSR count). The van der Waals surface area contributed by atoms with Crippen molar-refractivity contribution in [1.82, 2.24) is 0 Å². The molecule has 20 heavy (non-hydrogen) atoms. The SMILES string of the molecule is CCC(C)c1ccc(C(Br)c2ccc(Br)cc2F)cc1. The van der Waals surface area contributed by atoms with Crippen molar-refractivity contribution in [2.24, 2.45) is 0 Å². The average molecular weight is 400 g/mol. The second-order valence-corrected chi connectivity index (χ2v) is 6.84. The van der Waals surface area contributed by atoms with Gasteiger partial charge < -0.3 is 0 Å². The molecule has 0 N–H and O–H groups in total. The number of alkyl halides is 1. The van der Waals surface area contributed by atoms with E-state index in [0.29, 0.717) is 11.5 Å². The van der Waals surface area contributed by atoms with E-state index >= 15 is 0 Å². The highest BCUT2D eigenvalue weighted by Crippen LogP contribution is 2.34. The summed E-state index contributed by atoms with van der Waals surface area (Å²) in [5.41, 5.74) is 3.05. The molecule has 0 aromatic heterocycles. The van der Waals surface area contributed by atoms with E-state index in [1.54, 1.807) is 6.07 Å². The first-order chi connectivity index (χ1) is 9.52. The van der Waals surface area contributed by atoms with E-state index < -0.39 is 0 Å². The largest absolute Gasteiger partial charge is 0.207 e. The Balaban J connectivity index is 2.26. The molecular weight excluding hydrogens is 383 g/mol. The summed E-state index contributed by atoms with van der Waals surface area (Å²) in [6, 6.07) is 13.6. The second kappa shape index (κ2) is 6.86. The first-order valence-corrected chi connectivity index (χ1v) is 8.42. The van der Waals surface area contributed by atoms with Gasteiger partial charge in [0.25, 0.3) is 0 Å². The molecule has 0 aliphatic carbocycles. The minimum atomic E-state index is -0.202. The summed E-state index contributed by atoms with van der Waals surface area (Å²) in [5, 5.41) is 0. The highest BCUT2D eigenvalue weighted by Gasteiger charge is 2.15. The van der Waals surface area contributed by atoms with Gasteiger partial charge in [-0.05, 0) is 35.6 Å². The molecule has 0 saturated heterocycles. The fraction of sp³-hybridized carbons (Fsp3) is 0.294. The Labute approximate surface area is 136 Å². The Morgan fingerprint density at radius 2 is 1.65 bits per heavy atom. The minimum absolute atomic E-state index is 0.124. The first kappa shape index (κ1) is 15.7. The highest BCUT2D eigenvalue weighted by atomic mass is 79.9. The van der Waals surface area contributed by atoms with Crippen molar-refractivity contribution < 1.29 is 4.39 Å². The molecule has 106 valence electrons. The van der Waals surface area contributed by atoms with Gasteiger partial charge in [-0.1, -0.05) is 76.0 Å². The Morgan fingerprint density at radius 1 is 1.05 bits per heavy atom. The molecule has 0 amide bonds. The van der Waals surface area contributed by atoms with Gasteiger partial charge in [0.05, 0.1) is 4.83 Å². The predicted molar refractivity (Wildman–Crippen MR) is 90.0 cm³/mol. The van der Waals surface area contributed by atoms with Crippen LogP contribution in [0.3, 0.4) is 0 Å². The second-order valence-electron chi connectivity index (χ2n) is 5.00. The molecule has 2 unspecified atom stereocenters. The lowest BCUT2D eigenvalue weighted by Gasteiger charge is -2.14. The van der Waals surface area contributed by atoms with Gasteiger partial charge in [-0.3, -0.25) is 0 Å². The molecule has 0 nitrogen and oxygen atoms in total. The molecule has 0 aliphatic heterocycles. The van der Waals surface area contributed by atoms with Gasteiger partial charge in [0.1, 0.15) is 5.82 Å². The van der Waals surface area contributed by atoms with Crippen molar-refractivity contribution in [3.05, 3.63) is 69.4 Å². The van der Waals surface area contributed by atoms with Crippen LogP contribution in [0.4, 0.5) is 4.39 Å². The molecule has 3 heteroatoms. The molecule has 0 aliphatic rings. The smallest absolute Gasteiger partial charge is 0.129 e. The quantitative estimate of drug-likeness (QED) is 0.509. The van der Waals surface area contributed by atoms with Crippen molar-refractivity contribution in [2.45, 2.75) is 31.0 Å². The average Bonchev–Trinajstić information content (AvgIpc) is 2.46. The number of hydrogen-bond donors (Lipinski definition) is 0. The van der Waals surface area contributed by atoms with Crippen LogP contribution in [-0.4, -0.2) is 0 Å². The van der Waals surface area contributed by atoms with Crippen molar-refractivity contribution in [2.75, 3.05) is 0 Å². The highest BCUT2D eigenvalue weighted by molar-refractivity contribution is 9.10. The van der Waals surface area contributed by atoms with Crippen molar-refractivity contribution in [1.29, 1.82) is 0 Å². The third kappa shape index (κ3) is 3.50. The summed E-state index contributed by atoms with van der Waals surface area (Å²) >= 11 is 6.87. The number of hydrogen-bond acceptors (Lipinski definition) is 0. The summed E-state index contributed by atoms with van der Waals surface area (Å²) < 4.78 is 14.7. The van der Waals surface area contributed by atoms with E-state index in [-0.39, 0.29) is 10.6 Å². The monoisotopic (exact) mass is 398 g/mol. The maximum Gasteiger partial charge on any atom is 0.129 e. The van der Waals surface area contributed by atoms with E-state index in [4.69, 9.17) is 0 Å². The van der Waals surface area contributed by atoms with Gasteiger partial charge in [-0.25, -0.2) is 4.39 Å². The molecule has 2 aromatic rings. The van der Waals surface area contributed by atoms with Crippen LogP contribution in [0.5, 0.6) is 0 Å². The zero-order chi connectivity index (χ0) is 14.7. The van der Waals surface area contributed by atoms with Gasteiger partial charge in [0.15, 0.2) is 0 Å². The maximum absolute atomic E-state index is 14.0. The van der Waals surface area contributed by atoms with Crippen LogP contribution in [0.2, 0.25) is 0 Å². The fourth-order valence-corrected chi connectivity index (χ4v) is 3.13. The Hall–Kier alpha value is -0.670. The van der Waals surface area contributed by atoms with Crippen LogP contribution in [0.15, 0.2) is 46.9 Å². The van der Waals surface area contributed by atoms with Gasteiger partial charge in [-0.2, -0.15) is 0 Å². The maximum atomic E-state index is 14.0. The van der Waals surface area contributed by atoms with Crippen LogP contribution >= 0.6 is 31.9 Å². The number of rotatable bonds is 4. The summed E-state index contributed by atoms with van der Waals surface area (Å²) in [5.74, 6) is 0.356. The normalized spacial score (nSPS) is 14.1. The van der Waals surface area contributed by atoms with Crippen molar-refractivity contribution >= 4 is 31.9 Å². The summed E-state index contributed by atoms with van der Waals surface area (Å²) in [6.07, 6.45) is 1.12. The molecule has 0 saturated carbocycles. The van der Waals surface area contributed by atoms with E-state index in [9.17, 15) is 4.39 Å². The molecule has 0 spiro atoms. The fourth-order valence-electron chi connectivity index (χ4n) is 2.12. The van der Waals surface area contributed by atoms with E-state index in [2.05, 4.69) is 70.0 Å². The minimum Gasteiger partial charge on any atom is -0.207 e. The Kier molecular flexibility index (Phi) is 5.39. The standard InChI is InChI=1S/C17H17Br2F/c1-3-11(2)12-4-6-13(7-5-12)17(19)15-9-8-14(18)10-16(15)20/h4-11,17H,3H2,1-2H3. The summed E-state index contributed by atoms with van der Waals surface area (Å²) in [6.45, 7) is 4.40. The molecule has 2 atom stereocenters. The third-order valence-corrected chi connectivity index (χ3v) is 5.16. The van der Waals surface area contributed by atoms with Crippen LogP contribution < -0.4 is 0 Å². The van der Waals surface area contributed by atoms with E-state index in [1.807, 2.05) is 6.07 Å². The predicted octanol–water partition coefficient (Wildman–Crippen LogP) is 6.59. The molecule has 0 fully saturated rings. The van der Waals surface area contributed by atoms with Crippen molar-refractivity contribution in [3.63, 3.8) is 0 Å². The molecule has 0 radical (unpaired) electrons. The number of benzene rings is 2. The van der Waals surface area contributed by atoms with E-state index in [1.165, 1.54) is 11.6 Å². The van der Waals surface area contributed by atoms with Crippen LogP contribution in [0.1, 0.15) is 47.7 Å². The van der Waals surface area contributed by atoms with Crippen LogP contribution in [-0.2, 0) is 0 Å². The Morgan fingerprint density at radius 3 is 2.20 bits per heavy atom. The summed E-state index contributed by atoms with van der Waals surface area (Å²) in [4.78, 5) is -0.124. The topological polar surface area (TPSA) is 0 Å². The van der Waals surface area contributed by atoms with E-state index in [0.717, 1.165) is 16.5 Å². The van der Waals surface area contributed by atoms with Gasteiger partial charge in [0.2, 0.25) is 0 Å². The number of halogens is 3. The van der Waals surface area contributed by atoms with Gasteiger partial charge in [-0.15, -0.1) is 0 Å². The molecule has 0 bridgehead atoms. The zero-order valence-electron chi connectivity index (χ0n) is 11.5. The van der Waals surface area contributed by atoms with Crippen LogP contribution in [0.25, 0.3) is 0 Å². The Bertz CT molecular complexity index is 578. The molecular formula is C17H17Br2F. The van der Waals surface area contributed by atoms with Crippen molar-refractivity contribution in [3.8, 4) is 0 Å². The zero-order valence-corrected chi connectivity index (χ0v) is 14.7. The lowest BCUT2D eigenvalue weighted by Crippen LogP contribution is -1.98. The molecule has 0 heterocycles. The van der Waals surface area contributed by atoms with Gasteiger partial charge in [0, 0.05) is 10.0 Å². The molecule has 2 aromatic carbocycles. The van der Waals surface area contributed by atoms with Gasteiger partial charge >= 0.3 is 0 Å². The first-order valence-electron chi connectivity index (χ1n) is 6.71. The summed E-state index contributed by atoms with van der Waals surface area (Å²) in [7, 11) is 0. The third-order valence-electron chi connectivity index (χ3n) is 3.65. The van der Waals surface area contributed by atoms with Crippen LogP contribution in [0, 0.1) is 5.82 Å². The lowest BCUT2D eigenvalue weighted by molar-refractivity contribution is 0.612.